The summed E-state index contributed by atoms with van der Waals surface area (Å²) in [5, 5.41) is 9.49. The molecule has 0 aromatic carbocycles. The Hall–Kier alpha value is -1.10. The Kier molecular flexibility index (Phi) is 44.4. The largest absolute Gasteiger partial charge is 0.462 e. The van der Waals surface area contributed by atoms with Crippen LogP contribution >= 0.6 is 0 Å². The van der Waals surface area contributed by atoms with E-state index >= 15 is 0 Å². The SMILES string of the molecule is CCCCCCCCCCCCCCCCCCCCCCCCCCCCCCCCCCCCC(=O)OC(CO)COC(=O)CCCCCCC. The van der Waals surface area contributed by atoms with E-state index in [0.717, 1.165) is 38.5 Å². The van der Waals surface area contributed by atoms with E-state index in [9.17, 15) is 14.7 Å². The van der Waals surface area contributed by atoms with E-state index in [1.54, 1.807) is 0 Å². The Balaban J connectivity index is 3.27. The van der Waals surface area contributed by atoms with E-state index in [-0.39, 0.29) is 25.2 Å². The normalized spacial score (nSPS) is 12.0. The Bertz CT molecular complexity index is 725. The van der Waals surface area contributed by atoms with Crippen molar-refractivity contribution in [2.45, 2.75) is 283 Å². The molecule has 0 fully saturated rings. The van der Waals surface area contributed by atoms with Gasteiger partial charge in [0.2, 0.25) is 0 Å². The molecule has 1 N–H and O–H groups in total. The first kappa shape index (κ1) is 51.9. The minimum atomic E-state index is -0.760. The molecule has 0 aromatic rings. The molecular weight excluding hydrogens is 657 g/mol. The Morgan fingerprint density at radius 1 is 0.358 bits per heavy atom. The molecule has 0 saturated carbocycles. The third-order valence-corrected chi connectivity index (χ3v) is 11.2. The molecule has 0 heterocycles. The molecular formula is C48H94O5. The summed E-state index contributed by atoms with van der Waals surface area (Å²) < 4.78 is 10.5. The number of aliphatic hydroxyl groups excluding tert-OH is 1. The number of ether oxygens (including phenoxy) is 2. The Labute approximate surface area is 331 Å². The standard InChI is InChI=1S/C48H94O5/c1-3-5-7-9-10-11-12-13-14-15-16-17-18-19-20-21-22-23-24-25-26-27-28-29-30-31-32-33-34-35-36-37-39-41-43-48(51)53-46(44-49)45-52-47(50)42-40-38-8-6-4-2/h46,49H,3-45H2,1-2H3. The number of hydrogen-bond acceptors (Lipinski definition) is 5. The first-order valence-electron chi connectivity index (χ1n) is 24.1. The van der Waals surface area contributed by atoms with Gasteiger partial charge in [-0.15, -0.1) is 0 Å². The molecule has 316 valence electrons. The molecule has 5 nitrogen and oxygen atoms in total. The summed E-state index contributed by atoms with van der Waals surface area (Å²) in [6.45, 7) is 4.08. The molecule has 0 amide bonds. The van der Waals surface area contributed by atoms with Gasteiger partial charge in [0.25, 0.3) is 0 Å². The van der Waals surface area contributed by atoms with Gasteiger partial charge >= 0.3 is 11.9 Å². The quantitative estimate of drug-likeness (QED) is 0.0495. The Morgan fingerprint density at radius 2 is 0.585 bits per heavy atom. The van der Waals surface area contributed by atoms with E-state index in [0.29, 0.717) is 12.8 Å². The number of carbonyl (C=O) groups is 2. The number of carbonyl (C=O) groups excluding carboxylic acids is 2. The van der Waals surface area contributed by atoms with Gasteiger partial charge in [0.1, 0.15) is 6.61 Å². The van der Waals surface area contributed by atoms with Crippen LogP contribution in [0.15, 0.2) is 0 Å². The first-order chi connectivity index (χ1) is 26.1. The van der Waals surface area contributed by atoms with Gasteiger partial charge in [-0.3, -0.25) is 9.59 Å². The lowest BCUT2D eigenvalue weighted by Crippen LogP contribution is -2.28. The predicted octanol–water partition coefficient (Wildman–Crippen LogP) is 15.5. The minimum Gasteiger partial charge on any atom is -0.462 e. The maximum atomic E-state index is 12.1. The van der Waals surface area contributed by atoms with Crippen molar-refractivity contribution in [1.82, 2.24) is 0 Å². The number of hydrogen-bond donors (Lipinski definition) is 1. The molecule has 0 aromatic heterocycles. The van der Waals surface area contributed by atoms with Crippen molar-refractivity contribution in [1.29, 1.82) is 0 Å². The second kappa shape index (κ2) is 45.3. The molecule has 53 heavy (non-hydrogen) atoms. The van der Waals surface area contributed by atoms with Crippen molar-refractivity contribution < 1.29 is 24.2 Å². The molecule has 1 unspecified atom stereocenters. The molecule has 0 aliphatic rings. The van der Waals surface area contributed by atoms with Gasteiger partial charge in [0.15, 0.2) is 6.10 Å². The summed E-state index contributed by atoms with van der Waals surface area (Å²) >= 11 is 0. The summed E-state index contributed by atoms with van der Waals surface area (Å²) in [4.78, 5) is 24.0. The van der Waals surface area contributed by atoms with Crippen LogP contribution in [0, 0.1) is 0 Å². The van der Waals surface area contributed by atoms with E-state index in [1.165, 1.54) is 212 Å². The highest BCUT2D eigenvalue weighted by Crippen LogP contribution is 2.17. The topological polar surface area (TPSA) is 72.8 Å². The molecule has 0 radical (unpaired) electrons. The molecule has 0 spiro atoms. The van der Waals surface area contributed by atoms with Gasteiger partial charge in [0, 0.05) is 12.8 Å². The zero-order chi connectivity index (χ0) is 38.6. The van der Waals surface area contributed by atoms with E-state index in [1.807, 2.05) is 0 Å². The zero-order valence-electron chi connectivity index (χ0n) is 36.1. The van der Waals surface area contributed by atoms with Gasteiger partial charge in [-0.25, -0.2) is 0 Å². The van der Waals surface area contributed by atoms with Crippen molar-refractivity contribution in [2.75, 3.05) is 13.2 Å². The van der Waals surface area contributed by atoms with Crippen LogP contribution in [0.2, 0.25) is 0 Å². The lowest BCUT2D eigenvalue weighted by Gasteiger charge is -2.15. The summed E-state index contributed by atoms with van der Waals surface area (Å²) in [5.74, 6) is -0.590. The predicted molar refractivity (Wildman–Crippen MR) is 229 cm³/mol. The number of rotatable bonds is 45. The summed E-state index contributed by atoms with van der Waals surface area (Å²) in [6.07, 6.45) is 52.7. The van der Waals surface area contributed by atoms with Crippen molar-refractivity contribution in [2.24, 2.45) is 0 Å². The monoisotopic (exact) mass is 751 g/mol. The van der Waals surface area contributed by atoms with Crippen LogP contribution in [-0.4, -0.2) is 36.4 Å². The lowest BCUT2D eigenvalue weighted by atomic mass is 10.0. The van der Waals surface area contributed by atoms with E-state index < -0.39 is 6.10 Å². The van der Waals surface area contributed by atoms with E-state index in [2.05, 4.69) is 13.8 Å². The molecule has 0 aliphatic heterocycles. The number of unbranched alkanes of at least 4 members (excludes halogenated alkanes) is 37. The molecule has 0 rings (SSSR count). The highest BCUT2D eigenvalue weighted by atomic mass is 16.6. The van der Waals surface area contributed by atoms with Crippen LogP contribution in [-0.2, 0) is 19.1 Å². The fourth-order valence-corrected chi connectivity index (χ4v) is 7.50. The van der Waals surface area contributed by atoms with Gasteiger partial charge in [-0.1, -0.05) is 251 Å². The summed E-state index contributed by atoms with van der Waals surface area (Å²) in [7, 11) is 0. The van der Waals surface area contributed by atoms with Gasteiger partial charge in [0.05, 0.1) is 6.61 Å². The van der Waals surface area contributed by atoms with Crippen molar-refractivity contribution in [3.05, 3.63) is 0 Å². The third kappa shape index (κ3) is 43.5. The molecule has 0 bridgehead atoms. The van der Waals surface area contributed by atoms with Gasteiger partial charge in [-0.05, 0) is 12.8 Å². The van der Waals surface area contributed by atoms with Gasteiger partial charge < -0.3 is 14.6 Å². The van der Waals surface area contributed by atoms with Crippen LogP contribution in [0.4, 0.5) is 0 Å². The van der Waals surface area contributed by atoms with Crippen LogP contribution in [0.5, 0.6) is 0 Å². The third-order valence-electron chi connectivity index (χ3n) is 11.2. The van der Waals surface area contributed by atoms with Crippen molar-refractivity contribution in [3.63, 3.8) is 0 Å². The average Bonchev–Trinajstić information content (AvgIpc) is 3.16. The van der Waals surface area contributed by atoms with Crippen LogP contribution < -0.4 is 0 Å². The van der Waals surface area contributed by atoms with Crippen molar-refractivity contribution >= 4 is 11.9 Å². The van der Waals surface area contributed by atoms with Crippen LogP contribution in [0.1, 0.15) is 277 Å². The molecule has 0 aliphatic carbocycles. The van der Waals surface area contributed by atoms with Crippen LogP contribution in [0.25, 0.3) is 0 Å². The van der Waals surface area contributed by atoms with Crippen molar-refractivity contribution in [3.8, 4) is 0 Å². The highest BCUT2D eigenvalue weighted by Gasteiger charge is 2.16. The Morgan fingerprint density at radius 3 is 0.830 bits per heavy atom. The number of esters is 2. The maximum Gasteiger partial charge on any atom is 0.306 e. The summed E-state index contributed by atoms with van der Waals surface area (Å²) in [6, 6.07) is 0. The molecule has 5 heteroatoms. The summed E-state index contributed by atoms with van der Waals surface area (Å²) in [5.41, 5.74) is 0. The molecule has 0 saturated heterocycles. The zero-order valence-corrected chi connectivity index (χ0v) is 36.1. The first-order valence-corrected chi connectivity index (χ1v) is 24.1. The van der Waals surface area contributed by atoms with E-state index in [4.69, 9.17) is 9.47 Å². The van der Waals surface area contributed by atoms with Gasteiger partial charge in [-0.2, -0.15) is 0 Å². The number of aliphatic hydroxyl groups is 1. The second-order valence-electron chi connectivity index (χ2n) is 16.6. The molecule has 1 atom stereocenters. The second-order valence-corrected chi connectivity index (χ2v) is 16.6. The fraction of sp³-hybridized carbons (Fsp3) is 0.958. The van der Waals surface area contributed by atoms with Crippen LogP contribution in [0.3, 0.4) is 0 Å². The minimum absolute atomic E-state index is 0.0598. The smallest absolute Gasteiger partial charge is 0.306 e. The highest BCUT2D eigenvalue weighted by molar-refractivity contribution is 5.70. The lowest BCUT2D eigenvalue weighted by molar-refractivity contribution is -0.161. The maximum absolute atomic E-state index is 12.1. The fourth-order valence-electron chi connectivity index (χ4n) is 7.50. The average molecular weight is 751 g/mol.